The summed E-state index contributed by atoms with van der Waals surface area (Å²) < 4.78 is 5.25. The fourth-order valence-corrected chi connectivity index (χ4v) is 2.44. The van der Waals surface area contributed by atoms with E-state index in [1.165, 1.54) is 0 Å². The summed E-state index contributed by atoms with van der Waals surface area (Å²) in [6.07, 6.45) is 4.11. The van der Waals surface area contributed by atoms with Gasteiger partial charge in [0.15, 0.2) is 0 Å². The van der Waals surface area contributed by atoms with Crippen molar-refractivity contribution in [3.8, 4) is 0 Å². The second-order valence-electron chi connectivity index (χ2n) is 6.74. The third-order valence-corrected chi connectivity index (χ3v) is 4.21. The highest BCUT2D eigenvalue weighted by atomic mass is 16.5. The lowest BCUT2D eigenvalue weighted by Crippen LogP contribution is -2.54. The van der Waals surface area contributed by atoms with Crippen LogP contribution in [0.4, 0.5) is 0 Å². The summed E-state index contributed by atoms with van der Waals surface area (Å²) in [6.45, 7) is 10.3. The van der Waals surface area contributed by atoms with E-state index < -0.39 is 0 Å². The molecule has 21 heavy (non-hydrogen) atoms. The maximum atomic E-state index is 7.00. The zero-order valence-electron chi connectivity index (χ0n) is 13.9. The topological polar surface area (TPSA) is 88.0 Å². The Morgan fingerprint density at radius 2 is 1.76 bits per heavy atom. The first-order valence-electron chi connectivity index (χ1n) is 7.65. The van der Waals surface area contributed by atoms with Crippen LogP contribution in [0.1, 0.15) is 33.6 Å². The molecule has 124 valence electrons. The second kappa shape index (κ2) is 7.98. The lowest BCUT2D eigenvalue weighted by molar-refractivity contribution is -0.0748. The molecule has 0 amide bonds. The largest absolute Gasteiger partial charge is 0.400 e. The molecule has 2 heterocycles. The highest BCUT2D eigenvalue weighted by molar-refractivity contribution is 5.05. The molecule has 0 bridgehead atoms. The smallest absolute Gasteiger partial charge is 0.0645 e. The number of piperidine rings is 1. The molecule has 2 saturated heterocycles. The molecular formula is C15H32N4O2. The zero-order chi connectivity index (χ0) is 16.0. The number of allylic oxidation sites excluding steroid dienone is 1. The first-order valence-corrected chi connectivity index (χ1v) is 7.65. The maximum Gasteiger partial charge on any atom is 0.0645 e. The van der Waals surface area contributed by atoms with Gasteiger partial charge < -0.3 is 20.6 Å². The van der Waals surface area contributed by atoms with Crippen LogP contribution in [-0.4, -0.2) is 60.5 Å². The van der Waals surface area contributed by atoms with Crippen LogP contribution in [0.25, 0.3) is 0 Å². The molecule has 0 saturated carbocycles. The van der Waals surface area contributed by atoms with Crippen molar-refractivity contribution in [2.75, 3.05) is 33.4 Å². The minimum absolute atomic E-state index is 0.0262. The Kier molecular flexibility index (Phi) is 6.93. The monoisotopic (exact) mass is 300 g/mol. The Bertz CT molecular complexity index is 329. The van der Waals surface area contributed by atoms with Crippen molar-refractivity contribution in [2.45, 2.75) is 45.7 Å². The fraction of sp³-hybridized carbons (Fsp3) is 0.867. The molecule has 0 spiro atoms. The predicted molar refractivity (Wildman–Crippen MR) is 85.1 cm³/mol. The van der Waals surface area contributed by atoms with Gasteiger partial charge in [0.2, 0.25) is 0 Å². The molecule has 5 N–H and O–H groups in total. The zero-order valence-corrected chi connectivity index (χ0v) is 13.9. The number of rotatable bonds is 3. The molecule has 6 nitrogen and oxygen atoms in total. The molecule has 2 aliphatic heterocycles. The summed E-state index contributed by atoms with van der Waals surface area (Å²) in [6, 6.07) is 1.04. The highest BCUT2D eigenvalue weighted by Gasteiger charge is 2.30. The molecule has 2 aliphatic rings. The van der Waals surface area contributed by atoms with Crippen LogP contribution < -0.4 is 11.6 Å². The Morgan fingerprint density at radius 1 is 1.24 bits per heavy atom. The van der Waals surface area contributed by atoms with Crippen LogP contribution in [0.3, 0.4) is 0 Å². The molecule has 0 radical (unpaired) electrons. The predicted octanol–water partition coefficient (Wildman–Crippen LogP) is 0.480. The van der Waals surface area contributed by atoms with Gasteiger partial charge in [0, 0.05) is 43.6 Å². The molecule has 6 heteroatoms. The number of hydrogen-bond acceptors (Lipinski definition) is 6. The van der Waals surface area contributed by atoms with E-state index in [1.807, 2.05) is 11.2 Å². The molecule has 0 aliphatic carbocycles. The van der Waals surface area contributed by atoms with Crippen molar-refractivity contribution < 1.29 is 9.84 Å². The minimum atomic E-state index is -0.0262. The highest BCUT2D eigenvalue weighted by Crippen LogP contribution is 2.23. The van der Waals surface area contributed by atoms with E-state index >= 15 is 0 Å². The lowest BCUT2D eigenvalue weighted by atomic mass is 9.93. The standard InChI is InChI=1S/C14H28N4O.CH4O/c1-14(2,3)13(15)8-18(16)11-4-6-17(7-5-11)12-9-19-10-12;1-2/h8,11-12H,4-7,9-10,15-16H2,1-3H3;2H,1H3/b13-8-;. The maximum absolute atomic E-state index is 7.00. The van der Waals surface area contributed by atoms with Crippen molar-refractivity contribution in [1.29, 1.82) is 0 Å². The Balaban J connectivity index is 0.00000106. The van der Waals surface area contributed by atoms with Crippen LogP contribution in [0.5, 0.6) is 0 Å². The summed E-state index contributed by atoms with van der Waals surface area (Å²) in [5.41, 5.74) is 6.89. The first kappa shape index (κ1) is 18.2. The van der Waals surface area contributed by atoms with Gasteiger partial charge >= 0.3 is 0 Å². The average molecular weight is 300 g/mol. The van der Waals surface area contributed by atoms with Gasteiger partial charge in [0.25, 0.3) is 0 Å². The number of aliphatic hydroxyl groups is 1. The van der Waals surface area contributed by atoms with Gasteiger partial charge in [0.1, 0.15) is 0 Å². The number of aliphatic hydroxyl groups excluding tert-OH is 1. The van der Waals surface area contributed by atoms with Gasteiger partial charge in [-0.05, 0) is 12.8 Å². The molecular weight excluding hydrogens is 268 g/mol. The van der Waals surface area contributed by atoms with Crippen LogP contribution in [0, 0.1) is 5.41 Å². The van der Waals surface area contributed by atoms with Gasteiger partial charge in [-0.3, -0.25) is 4.90 Å². The molecule has 0 aromatic rings. The Morgan fingerprint density at radius 3 is 2.14 bits per heavy atom. The normalized spacial score (nSPS) is 22.3. The van der Waals surface area contributed by atoms with E-state index in [-0.39, 0.29) is 5.41 Å². The third-order valence-electron chi connectivity index (χ3n) is 4.21. The number of hydrazine groups is 1. The molecule has 2 rings (SSSR count). The number of nitrogens with zero attached hydrogens (tertiary/aromatic N) is 2. The van der Waals surface area contributed by atoms with Crippen molar-refractivity contribution in [3.63, 3.8) is 0 Å². The third kappa shape index (κ3) is 5.14. The van der Waals surface area contributed by atoms with Gasteiger partial charge in [0.05, 0.1) is 19.3 Å². The minimum Gasteiger partial charge on any atom is -0.400 e. The molecule has 0 aromatic heterocycles. The van der Waals surface area contributed by atoms with E-state index in [1.54, 1.807) is 0 Å². The van der Waals surface area contributed by atoms with Gasteiger partial charge in [-0.25, -0.2) is 5.84 Å². The van der Waals surface area contributed by atoms with Crippen molar-refractivity contribution >= 4 is 0 Å². The molecule has 0 aromatic carbocycles. The number of hydrogen-bond donors (Lipinski definition) is 3. The van der Waals surface area contributed by atoms with Crippen LogP contribution in [0.2, 0.25) is 0 Å². The Hall–Kier alpha value is -0.820. The average Bonchev–Trinajstić information content (AvgIpc) is 2.38. The van der Waals surface area contributed by atoms with Crippen LogP contribution in [0.15, 0.2) is 11.9 Å². The van der Waals surface area contributed by atoms with E-state index in [0.29, 0.717) is 12.1 Å². The number of likely N-dealkylation sites (tertiary alicyclic amines) is 1. The summed E-state index contributed by atoms with van der Waals surface area (Å²) in [7, 11) is 1.00. The van der Waals surface area contributed by atoms with Crippen molar-refractivity contribution in [3.05, 3.63) is 11.9 Å². The van der Waals surface area contributed by atoms with E-state index in [2.05, 4.69) is 25.7 Å². The summed E-state index contributed by atoms with van der Waals surface area (Å²) >= 11 is 0. The van der Waals surface area contributed by atoms with E-state index in [9.17, 15) is 0 Å². The van der Waals surface area contributed by atoms with E-state index in [0.717, 1.165) is 52.0 Å². The summed E-state index contributed by atoms with van der Waals surface area (Å²) in [4.78, 5) is 2.52. The Labute approximate surface area is 128 Å². The summed E-state index contributed by atoms with van der Waals surface area (Å²) in [5, 5.41) is 8.81. The van der Waals surface area contributed by atoms with Crippen molar-refractivity contribution in [1.82, 2.24) is 9.91 Å². The second-order valence-corrected chi connectivity index (χ2v) is 6.74. The van der Waals surface area contributed by atoms with Gasteiger partial charge in [-0.2, -0.15) is 0 Å². The van der Waals surface area contributed by atoms with Crippen molar-refractivity contribution in [2.24, 2.45) is 17.0 Å². The molecule has 2 fully saturated rings. The number of nitrogens with two attached hydrogens (primary N) is 2. The fourth-order valence-electron chi connectivity index (χ4n) is 2.44. The van der Waals surface area contributed by atoms with Gasteiger partial charge in [-0.1, -0.05) is 20.8 Å². The molecule has 0 unspecified atom stereocenters. The lowest BCUT2D eigenvalue weighted by Gasteiger charge is -2.43. The van der Waals surface area contributed by atoms with Gasteiger partial charge in [-0.15, -0.1) is 0 Å². The quantitative estimate of drug-likeness (QED) is 0.519. The summed E-state index contributed by atoms with van der Waals surface area (Å²) in [5.74, 6) is 6.15. The van der Waals surface area contributed by atoms with Crippen LogP contribution >= 0.6 is 0 Å². The van der Waals surface area contributed by atoms with E-state index in [4.69, 9.17) is 21.4 Å². The van der Waals surface area contributed by atoms with Crippen LogP contribution in [-0.2, 0) is 4.74 Å². The molecule has 0 atom stereocenters. The number of ether oxygens (including phenoxy) is 1. The first-order chi connectivity index (χ1) is 9.88. The SMILES string of the molecule is CC(C)(C)/C(N)=C/N(N)C1CCN(C2COC2)CC1.CO.